The van der Waals surface area contributed by atoms with Crippen molar-refractivity contribution >= 4 is 15.7 Å². The first-order valence-corrected chi connectivity index (χ1v) is 8.95. The van der Waals surface area contributed by atoms with Gasteiger partial charge in [-0.1, -0.05) is 13.3 Å². The number of benzene rings is 1. The third kappa shape index (κ3) is 3.07. The minimum absolute atomic E-state index is 0.120. The quantitative estimate of drug-likeness (QED) is 0.662. The monoisotopic (exact) mass is 311 g/mol. The number of nitrogens with one attached hydrogen (secondary N) is 1. The van der Waals surface area contributed by atoms with Gasteiger partial charge in [-0.05, 0) is 56.4 Å². The molecule has 0 radical (unpaired) electrons. The summed E-state index contributed by atoms with van der Waals surface area (Å²) in [5.41, 5.74) is 4.79. The normalized spacial score (nSPS) is 20.5. The topological polar surface area (TPSA) is 75.4 Å². The van der Waals surface area contributed by atoms with Crippen LogP contribution in [0.25, 0.3) is 0 Å². The van der Waals surface area contributed by atoms with Gasteiger partial charge in [-0.3, -0.25) is 5.84 Å². The molecule has 0 spiro atoms. The third-order valence-corrected chi connectivity index (χ3v) is 6.50. The minimum atomic E-state index is -3.44. The van der Waals surface area contributed by atoms with Gasteiger partial charge >= 0.3 is 0 Å². The lowest BCUT2D eigenvalue weighted by Crippen LogP contribution is -2.43. The summed E-state index contributed by atoms with van der Waals surface area (Å²) in [6.45, 7) is 6.33. The SMILES string of the molecule is CCC1CCCCN1S(=O)(=O)c1c(C)cc(NN)cc1C. The number of hydrogen-bond donors (Lipinski definition) is 2. The number of hydrazine groups is 1. The molecular weight excluding hydrogens is 286 g/mol. The van der Waals surface area contributed by atoms with Crippen LogP contribution in [0.5, 0.6) is 0 Å². The lowest BCUT2D eigenvalue weighted by molar-refractivity contribution is 0.246. The Balaban J connectivity index is 2.48. The predicted molar refractivity (Wildman–Crippen MR) is 85.5 cm³/mol. The van der Waals surface area contributed by atoms with E-state index >= 15 is 0 Å². The van der Waals surface area contributed by atoms with Crippen LogP contribution in [-0.2, 0) is 10.0 Å². The third-order valence-electron chi connectivity index (χ3n) is 4.24. The molecule has 1 atom stereocenters. The Bertz CT molecular complexity index is 590. The predicted octanol–water partition coefficient (Wildman–Crippen LogP) is 2.54. The van der Waals surface area contributed by atoms with Crippen LogP contribution in [0.1, 0.15) is 43.7 Å². The number of hydrogen-bond acceptors (Lipinski definition) is 4. The van der Waals surface area contributed by atoms with Crippen molar-refractivity contribution in [1.82, 2.24) is 4.31 Å². The number of piperidine rings is 1. The lowest BCUT2D eigenvalue weighted by atomic mass is 10.0. The molecule has 1 fully saturated rings. The summed E-state index contributed by atoms with van der Waals surface area (Å²) in [4.78, 5) is 0.432. The highest BCUT2D eigenvalue weighted by Gasteiger charge is 2.34. The molecule has 1 aliphatic rings. The fourth-order valence-corrected chi connectivity index (χ4v) is 5.44. The number of nitrogens with two attached hydrogens (primary N) is 1. The van der Waals surface area contributed by atoms with Gasteiger partial charge in [0.05, 0.1) is 4.90 Å². The first-order valence-electron chi connectivity index (χ1n) is 7.51. The minimum Gasteiger partial charge on any atom is -0.324 e. The average molecular weight is 311 g/mol. The van der Waals surface area contributed by atoms with Gasteiger partial charge in [-0.25, -0.2) is 8.42 Å². The second-order valence-electron chi connectivity index (χ2n) is 5.76. The molecule has 6 heteroatoms. The molecule has 1 unspecified atom stereocenters. The highest BCUT2D eigenvalue weighted by Crippen LogP contribution is 2.31. The Kier molecular flexibility index (Phi) is 4.91. The molecule has 1 aromatic rings. The summed E-state index contributed by atoms with van der Waals surface area (Å²) in [5.74, 6) is 5.42. The molecule has 2 rings (SSSR count). The summed E-state index contributed by atoms with van der Waals surface area (Å²) in [5, 5.41) is 0. The van der Waals surface area contributed by atoms with E-state index in [0.717, 1.165) is 42.5 Å². The second kappa shape index (κ2) is 6.34. The van der Waals surface area contributed by atoms with Crippen LogP contribution in [0.15, 0.2) is 17.0 Å². The van der Waals surface area contributed by atoms with Crippen LogP contribution >= 0.6 is 0 Å². The standard InChI is InChI=1S/C15H25N3O2S/c1-4-14-7-5-6-8-18(14)21(19,20)15-11(2)9-13(17-16)10-12(15)3/h9-10,14,17H,4-8,16H2,1-3H3. The molecule has 0 aromatic heterocycles. The van der Waals surface area contributed by atoms with E-state index in [-0.39, 0.29) is 6.04 Å². The molecular formula is C15H25N3O2S. The largest absolute Gasteiger partial charge is 0.324 e. The smallest absolute Gasteiger partial charge is 0.243 e. The van der Waals surface area contributed by atoms with E-state index in [2.05, 4.69) is 12.3 Å². The Morgan fingerprint density at radius 1 is 1.29 bits per heavy atom. The van der Waals surface area contributed by atoms with Crippen molar-refractivity contribution < 1.29 is 8.42 Å². The van der Waals surface area contributed by atoms with Crippen LogP contribution in [0.3, 0.4) is 0 Å². The summed E-state index contributed by atoms with van der Waals surface area (Å²) < 4.78 is 27.8. The van der Waals surface area contributed by atoms with E-state index < -0.39 is 10.0 Å². The summed E-state index contributed by atoms with van der Waals surface area (Å²) in [6.07, 6.45) is 3.87. The van der Waals surface area contributed by atoms with Crippen LogP contribution in [0.2, 0.25) is 0 Å². The van der Waals surface area contributed by atoms with E-state index in [1.165, 1.54) is 0 Å². The first kappa shape index (κ1) is 16.3. The first-order chi connectivity index (χ1) is 9.91. The summed E-state index contributed by atoms with van der Waals surface area (Å²) >= 11 is 0. The molecule has 1 aliphatic heterocycles. The maximum absolute atomic E-state index is 13.1. The highest BCUT2D eigenvalue weighted by atomic mass is 32.2. The van der Waals surface area contributed by atoms with Crippen LogP contribution in [0.4, 0.5) is 5.69 Å². The highest BCUT2D eigenvalue weighted by molar-refractivity contribution is 7.89. The van der Waals surface area contributed by atoms with E-state index in [1.807, 2.05) is 13.8 Å². The maximum atomic E-state index is 13.1. The van der Waals surface area contributed by atoms with Crippen LogP contribution < -0.4 is 11.3 Å². The van der Waals surface area contributed by atoms with Crippen molar-refractivity contribution in [3.63, 3.8) is 0 Å². The average Bonchev–Trinajstić information content (AvgIpc) is 2.46. The number of rotatable bonds is 4. The number of nitrogen functional groups attached to an aromatic ring is 1. The number of anilines is 1. The van der Waals surface area contributed by atoms with Gasteiger partial charge < -0.3 is 5.43 Å². The lowest BCUT2D eigenvalue weighted by Gasteiger charge is -2.35. The van der Waals surface area contributed by atoms with E-state index in [0.29, 0.717) is 11.4 Å². The van der Waals surface area contributed by atoms with Crippen LogP contribution in [-0.4, -0.2) is 25.3 Å². The molecule has 1 saturated heterocycles. The van der Waals surface area contributed by atoms with Crippen molar-refractivity contribution in [3.8, 4) is 0 Å². The fraction of sp³-hybridized carbons (Fsp3) is 0.600. The zero-order chi connectivity index (χ0) is 15.6. The van der Waals surface area contributed by atoms with Crippen molar-refractivity contribution in [2.45, 2.75) is 57.4 Å². The van der Waals surface area contributed by atoms with Crippen molar-refractivity contribution in [1.29, 1.82) is 0 Å². The Morgan fingerprint density at radius 2 is 1.90 bits per heavy atom. The Hall–Kier alpha value is -1.11. The van der Waals surface area contributed by atoms with Gasteiger partial charge in [0.1, 0.15) is 0 Å². The maximum Gasteiger partial charge on any atom is 0.243 e. The van der Waals surface area contributed by atoms with Gasteiger partial charge in [-0.2, -0.15) is 4.31 Å². The Labute approximate surface area is 127 Å². The van der Waals surface area contributed by atoms with E-state index in [4.69, 9.17) is 5.84 Å². The number of sulfonamides is 1. The van der Waals surface area contributed by atoms with Crippen LogP contribution in [0, 0.1) is 13.8 Å². The molecule has 0 aliphatic carbocycles. The molecule has 5 nitrogen and oxygen atoms in total. The van der Waals surface area contributed by atoms with Gasteiger partial charge in [0.2, 0.25) is 10.0 Å². The fourth-order valence-electron chi connectivity index (χ4n) is 3.26. The molecule has 21 heavy (non-hydrogen) atoms. The molecule has 0 amide bonds. The van der Waals surface area contributed by atoms with Crippen molar-refractivity contribution in [2.24, 2.45) is 5.84 Å². The molecule has 1 heterocycles. The molecule has 0 bridgehead atoms. The zero-order valence-corrected chi connectivity index (χ0v) is 13.8. The van der Waals surface area contributed by atoms with Gasteiger partial charge in [0, 0.05) is 18.3 Å². The molecule has 0 saturated carbocycles. The number of nitrogens with zero attached hydrogens (tertiary/aromatic N) is 1. The summed E-state index contributed by atoms with van der Waals surface area (Å²) in [7, 11) is -3.44. The van der Waals surface area contributed by atoms with E-state index in [1.54, 1.807) is 16.4 Å². The second-order valence-corrected chi connectivity index (χ2v) is 7.58. The van der Waals surface area contributed by atoms with Crippen molar-refractivity contribution in [2.75, 3.05) is 12.0 Å². The number of aryl methyl sites for hydroxylation is 2. The zero-order valence-electron chi connectivity index (χ0n) is 13.0. The van der Waals surface area contributed by atoms with Gasteiger partial charge in [0.15, 0.2) is 0 Å². The van der Waals surface area contributed by atoms with Gasteiger partial charge in [0.25, 0.3) is 0 Å². The van der Waals surface area contributed by atoms with Crippen molar-refractivity contribution in [3.05, 3.63) is 23.3 Å². The van der Waals surface area contributed by atoms with E-state index in [9.17, 15) is 8.42 Å². The molecule has 118 valence electrons. The molecule has 1 aromatic carbocycles. The summed E-state index contributed by atoms with van der Waals surface area (Å²) in [6, 6.07) is 3.69. The molecule has 3 N–H and O–H groups in total. The van der Waals surface area contributed by atoms with Gasteiger partial charge in [-0.15, -0.1) is 0 Å². The Morgan fingerprint density at radius 3 is 2.43 bits per heavy atom.